The molecule has 1 aliphatic rings. The van der Waals surface area contributed by atoms with Crippen LogP contribution in [0.5, 0.6) is 0 Å². The van der Waals surface area contributed by atoms with Crippen LogP contribution in [-0.2, 0) is 33.6 Å². The molecule has 0 amide bonds. The Bertz CT molecular complexity index is 1080. The predicted molar refractivity (Wildman–Crippen MR) is 108 cm³/mol. The first-order chi connectivity index (χ1) is 12.6. The molecule has 0 atom stereocenters. The number of aryl methyl sites for hydroxylation is 2. The third-order valence-electron chi connectivity index (χ3n) is 5.30. The largest absolute Gasteiger partial charge is 0.332 e. The molecule has 4 rings (SSSR count). The van der Waals surface area contributed by atoms with Crippen molar-refractivity contribution in [3.63, 3.8) is 0 Å². The predicted octanol–water partition coefficient (Wildman–Crippen LogP) is 1.30. The molecular weight excluding hydrogens is 366 g/mol. The monoisotopic (exact) mass is 389 g/mol. The first-order valence-electron chi connectivity index (χ1n) is 8.96. The molecule has 1 aliphatic heterocycles. The number of hydrogen-bond donors (Lipinski definition) is 0. The number of nitrogens with zero attached hydrogens (tertiary/aromatic N) is 5. The van der Waals surface area contributed by atoms with Crippen molar-refractivity contribution in [2.24, 2.45) is 14.1 Å². The standard InChI is InChI=1S/C19H23N5O2.ClH/c1-21-17-16(18(25)22(2)19(21)26)24(13-20-17)10-5-9-23-11-8-14-6-3-4-7-15(14)12-23;/h3-4,6-7,13H,5,8-12H2,1-2H3;1H. The van der Waals surface area contributed by atoms with Gasteiger partial charge in [0.25, 0.3) is 5.56 Å². The van der Waals surface area contributed by atoms with E-state index in [2.05, 4.69) is 34.1 Å². The summed E-state index contributed by atoms with van der Waals surface area (Å²) in [6.07, 6.45) is 3.68. The molecule has 0 N–H and O–H groups in total. The topological polar surface area (TPSA) is 65.1 Å². The van der Waals surface area contributed by atoms with Crippen LogP contribution in [0.1, 0.15) is 17.5 Å². The van der Waals surface area contributed by atoms with Crippen LogP contribution in [0.3, 0.4) is 0 Å². The maximum absolute atomic E-state index is 12.5. The SMILES string of the molecule is Cl.Cn1c(=O)c2c(ncn2CCCN2CCc3ccccc3C2)n(C)c1=O. The molecule has 144 valence electrons. The molecule has 1 aromatic carbocycles. The van der Waals surface area contributed by atoms with Crippen molar-refractivity contribution in [1.82, 2.24) is 23.6 Å². The second-order valence-electron chi connectivity index (χ2n) is 6.96. The van der Waals surface area contributed by atoms with Crippen LogP contribution < -0.4 is 11.2 Å². The minimum absolute atomic E-state index is 0. The summed E-state index contributed by atoms with van der Waals surface area (Å²) in [6.45, 7) is 3.73. The molecule has 0 aliphatic carbocycles. The maximum Gasteiger partial charge on any atom is 0.332 e. The van der Waals surface area contributed by atoms with Crippen molar-refractivity contribution < 1.29 is 0 Å². The van der Waals surface area contributed by atoms with E-state index < -0.39 is 0 Å². The molecule has 0 fully saturated rings. The fourth-order valence-electron chi connectivity index (χ4n) is 3.78. The summed E-state index contributed by atoms with van der Waals surface area (Å²) in [6, 6.07) is 8.62. The Morgan fingerprint density at radius 1 is 1.04 bits per heavy atom. The Hall–Kier alpha value is -2.38. The van der Waals surface area contributed by atoms with Gasteiger partial charge >= 0.3 is 5.69 Å². The van der Waals surface area contributed by atoms with Gasteiger partial charge in [-0.15, -0.1) is 12.4 Å². The van der Waals surface area contributed by atoms with Gasteiger partial charge in [-0.3, -0.25) is 18.8 Å². The first kappa shape index (κ1) is 19.4. The molecule has 0 saturated heterocycles. The molecule has 8 heteroatoms. The molecule has 27 heavy (non-hydrogen) atoms. The van der Waals surface area contributed by atoms with Crippen molar-refractivity contribution in [1.29, 1.82) is 0 Å². The van der Waals surface area contributed by atoms with Gasteiger partial charge in [-0.1, -0.05) is 24.3 Å². The summed E-state index contributed by atoms with van der Waals surface area (Å²) in [5.41, 5.74) is 3.18. The highest BCUT2D eigenvalue weighted by molar-refractivity contribution is 5.85. The van der Waals surface area contributed by atoms with E-state index in [4.69, 9.17) is 0 Å². The Morgan fingerprint density at radius 3 is 2.56 bits per heavy atom. The van der Waals surface area contributed by atoms with E-state index in [9.17, 15) is 9.59 Å². The summed E-state index contributed by atoms with van der Waals surface area (Å²) in [5.74, 6) is 0. The zero-order chi connectivity index (χ0) is 18.3. The van der Waals surface area contributed by atoms with Gasteiger partial charge in [0, 0.05) is 40.3 Å². The molecule has 0 bridgehead atoms. The number of rotatable bonds is 4. The van der Waals surface area contributed by atoms with Crippen LogP contribution in [-0.4, -0.2) is 36.7 Å². The lowest BCUT2D eigenvalue weighted by atomic mass is 10.00. The average molecular weight is 390 g/mol. The van der Waals surface area contributed by atoms with E-state index in [0.29, 0.717) is 17.7 Å². The first-order valence-corrected chi connectivity index (χ1v) is 8.96. The van der Waals surface area contributed by atoms with Gasteiger partial charge in [-0.2, -0.15) is 0 Å². The molecular formula is C19H24ClN5O2. The van der Waals surface area contributed by atoms with Crippen LogP contribution in [0.2, 0.25) is 0 Å². The van der Waals surface area contributed by atoms with Gasteiger partial charge in [0.2, 0.25) is 0 Å². The number of imidazole rings is 1. The smallest absolute Gasteiger partial charge is 0.325 e. The zero-order valence-corrected chi connectivity index (χ0v) is 16.4. The Labute approximate surface area is 163 Å². The number of benzene rings is 1. The number of aromatic nitrogens is 4. The van der Waals surface area contributed by atoms with Gasteiger partial charge in [-0.25, -0.2) is 9.78 Å². The van der Waals surface area contributed by atoms with Gasteiger partial charge < -0.3 is 4.57 Å². The van der Waals surface area contributed by atoms with Gasteiger partial charge in [0.1, 0.15) is 0 Å². The van der Waals surface area contributed by atoms with Crippen molar-refractivity contribution in [2.45, 2.75) is 25.9 Å². The highest BCUT2D eigenvalue weighted by atomic mass is 35.5. The molecule has 0 radical (unpaired) electrons. The van der Waals surface area contributed by atoms with Crippen molar-refractivity contribution in [3.05, 3.63) is 62.6 Å². The normalized spacial score (nSPS) is 14.1. The molecule has 0 spiro atoms. The maximum atomic E-state index is 12.5. The summed E-state index contributed by atoms with van der Waals surface area (Å²) >= 11 is 0. The van der Waals surface area contributed by atoms with Gasteiger partial charge in [0.05, 0.1) is 6.33 Å². The van der Waals surface area contributed by atoms with Crippen molar-refractivity contribution >= 4 is 23.6 Å². The molecule has 7 nitrogen and oxygen atoms in total. The third kappa shape index (κ3) is 3.44. The lowest BCUT2D eigenvalue weighted by Gasteiger charge is -2.28. The number of halogens is 1. The summed E-state index contributed by atoms with van der Waals surface area (Å²) in [7, 11) is 3.15. The second-order valence-corrected chi connectivity index (χ2v) is 6.96. The van der Waals surface area contributed by atoms with Crippen LogP contribution in [0, 0.1) is 0 Å². The molecule has 0 unspecified atom stereocenters. The van der Waals surface area contributed by atoms with Crippen LogP contribution in [0.4, 0.5) is 0 Å². The quantitative estimate of drug-likeness (QED) is 0.674. The Balaban J connectivity index is 0.00000210. The highest BCUT2D eigenvalue weighted by Gasteiger charge is 2.16. The highest BCUT2D eigenvalue weighted by Crippen LogP contribution is 2.18. The minimum Gasteiger partial charge on any atom is -0.325 e. The van der Waals surface area contributed by atoms with Gasteiger partial charge in [0.15, 0.2) is 11.2 Å². The lowest BCUT2D eigenvalue weighted by molar-refractivity contribution is 0.247. The van der Waals surface area contributed by atoms with E-state index in [-0.39, 0.29) is 23.7 Å². The number of hydrogen-bond acceptors (Lipinski definition) is 4. The fourth-order valence-corrected chi connectivity index (χ4v) is 3.78. The summed E-state index contributed by atoms with van der Waals surface area (Å²) < 4.78 is 4.44. The molecule has 0 saturated carbocycles. The summed E-state index contributed by atoms with van der Waals surface area (Å²) in [5, 5.41) is 0. The van der Waals surface area contributed by atoms with E-state index >= 15 is 0 Å². The molecule has 3 aromatic rings. The molecule has 2 aromatic heterocycles. The zero-order valence-electron chi connectivity index (χ0n) is 15.6. The van der Waals surface area contributed by atoms with E-state index in [1.807, 2.05) is 4.57 Å². The lowest BCUT2D eigenvalue weighted by Crippen LogP contribution is -2.37. The van der Waals surface area contributed by atoms with Crippen molar-refractivity contribution in [3.8, 4) is 0 Å². The Morgan fingerprint density at radius 2 is 1.78 bits per heavy atom. The fraction of sp³-hybridized carbons (Fsp3) is 0.421. The van der Waals surface area contributed by atoms with Crippen LogP contribution >= 0.6 is 12.4 Å². The minimum atomic E-state index is -0.347. The average Bonchev–Trinajstić information content (AvgIpc) is 3.08. The van der Waals surface area contributed by atoms with Crippen LogP contribution in [0.15, 0.2) is 40.2 Å². The third-order valence-corrected chi connectivity index (χ3v) is 5.30. The van der Waals surface area contributed by atoms with Crippen molar-refractivity contribution in [2.75, 3.05) is 13.1 Å². The molecule has 3 heterocycles. The second kappa shape index (κ2) is 7.70. The van der Waals surface area contributed by atoms with E-state index in [0.717, 1.165) is 37.0 Å². The Kier molecular flexibility index (Phi) is 5.53. The number of fused-ring (bicyclic) bond motifs is 2. The van der Waals surface area contributed by atoms with E-state index in [1.165, 1.54) is 22.7 Å². The van der Waals surface area contributed by atoms with Gasteiger partial charge in [-0.05, 0) is 24.0 Å². The van der Waals surface area contributed by atoms with E-state index in [1.54, 1.807) is 13.4 Å². The van der Waals surface area contributed by atoms with Crippen LogP contribution in [0.25, 0.3) is 11.2 Å². The summed E-state index contributed by atoms with van der Waals surface area (Å²) in [4.78, 5) is 31.2.